The lowest BCUT2D eigenvalue weighted by Gasteiger charge is -2.22. The van der Waals surface area contributed by atoms with E-state index in [1.54, 1.807) is 18.4 Å². The Morgan fingerprint density at radius 1 is 1.14 bits per heavy atom. The summed E-state index contributed by atoms with van der Waals surface area (Å²) in [4.78, 5) is 7.02. The maximum Gasteiger partial charge on any atom is 0.186 e. The van der Waals surface area contributed by atoms with Gasteiger partial charge < -0.3 is 20.1 Å². The van der Waals surface area contributed by atoms with Crippen LogP contribution in [0.25, 0.3) is 10.2 Å². The molecule has 3 aromatic rings. The Labute approximate surface area is 170 Å². The Hall–Kier alpha value is -2.31. The van der Waals surface area contributed by atoms with Crippen LogP contribution in [0.3, 0.4) is 0 Å². The maximum absolute atomic E-state index is 6.16. The van der Waals surface area contributed by atoms with Crippen LogP contribution in [-0.4, -0.2) is 31.3 Å². The third-order valence-electron chi connectivity index (χ3n) is 5.15. The molecule has 0 radical (unpaired) electrons. The molecule has 0 atom stereocenters. The van der Waals surface area contributed by atoms with Gasteiger partial charge in [0.2, 0.25) is 0 Å². The van der Waals surface area contributed by atoms with E-state index in [2.05, 4.69) is 23.1 Å². The number of nitrogens with zero attached hydrogens (tertiary/aromatic N) is 2. The molecule has 0 aliphatic heterocycles. The number of fused-ring (bicyclic) bond motifs is 1. The predicted molar refractivity (Wildman–Crippen MR) is 116 cm³/mol. The summed E-state index contributed by atoms with van der Waals surface area (Å²) in [6, 6.07) is 14.4. The molecule has 28 heavy (non-hydrogen) atoms. The third kappa shape index (κ3) is 4.23. The minimum Gasteiger partial charge on any atom is -0.493 e. The number of hydrogen-bond acceptors (Lipinski definition) is 6. The zero-order valence-corrected chi connectivity index (χ0v) is 17.1. The van der Waals surface area contributed by atoms with Crippen molar-refractivity contribution in [2.24, 2.45) is 5.73 Å². The Kier molecular flexibility index (Phi) is 5.98. The molecule has 1 aliphatic carbocycles. The average Bonchev–Trinajstić information content (AvgIpc) is 3.38. The first kappa shape index (κ1) is 19.0. The zero-order valence-electron chi connectivity index (χ0n) is 16.3. The Morgan fingerprint density at radius 2 is 1.96 bits per heavy atom. The lowest BCUT2D eigenvalue weighted by Crippen LogP contribution is -2.28. The standard InChI is InChI=1S/C22H27N3O2S/c1-26-20-14-16(10-11-19(20)27-17-6-2-3-7-17)15-25(13-12-23)22-24-18-8-4-5-9-21(18)28-22/h4-5,8-11,14,17H,2-3,6-7,12-13,15,23H2,1H3. The number of nitrogens with two attached hydrogens (primary N) is 1. The van der Waals surface area contributed by atoms with Gasteiger partial charge in [0, 0.05) is 19.6 Å². The summed E-state index contributed by atoms with van der Waals surface area (Å²) in [5, 5.41) is 0.997. The monoisotopic (exact) mass is 397 g/mol. The zero-order chi connectivity index (χ0) is 19.3. The van der Waals surface area contributed by atoms with Crippen molar-refractivity contribution < 1.29 is 9.47 Å². The number of anilines is 1. The predicted octanol–water partition coefficient (Wildman–Crippen LogP) is 4.59. The summed E-state index contributed by atoms with van der Waals surface area (Å²) >= 11 is 1.70. The molecule has 2 aromatic carbocycles. The Morgan fingerprint density at radius 3 is 2.71 bits per heavy atom. The van der Waals surface area contributed by atoms with Crippen LogP contribution in [0.5, 0.6) is 11.5 Å². The minimum atomic E-state index is 0.316. The minimum absolute atomic E-state index is 0.316. The smallest absolute Gasteiger partial charge is 0.186 e. The molecule has 4 rings (SSSR count). The van der Waals surface area contributed by atoms with Crippen molar-refractivity contribution in [1.82, 2.24) is 4.98 Å². The molecule has 0 spiro atoms. The summed E-state index contributed by atoms with van der Waals surface area (Å²) < 4.78 is 13.0. The Balaban J connectivity index is 1.54. The fraction of sp³-hybridized carbons (Fsp3) is 0.409. The molecule has 0 amide bonds. The molecule has 1 aliphatic rings. The molecule has 1 fully saturated rings. The molecule has 1 aromatic heterocycles. The molecule has 148 valence electrons. The highest BCUT2D eigenvalue weighted by atomic mass is 32.1. The van der Waals surface area contributed by atoms with Crippen LogP contribution in [0.1, 0.15) is 31.2 Å². The number of ether oxygens (including phenoxy) is 2. The third-order valence-corrected chi connectivity index (χ3v) is 6.25. The first-order chi connectivity index (χ1) is 13.8. The normalized spacial score (nSPS) is 14.5. The maximum atomic E-state index is 6.16. The SMILES string of the molecule is COc1cc(CN(CCN)c2nc3ccccc3s2)ccc1OC1CCCC1. The van der Waals surface area contributed by atoms with Gasteiger partial charge in [-0.25, -0.2) is 4.98 Å². The summed E-state index contributed by atoms with van der Waals surface area (Å²) in [6.45, 7) is 2.06. The molecule has 0 unspecified atom stereocenters. The van der Waals surface area contributed by atoms with Gasteiger partial charge >= 0.3 is 0 Å². The first-order valence-corrected chi connectivity index (χ1v) is 10.7. The first-order valence-electron chi connectivity index (χ1n) is 9.91. The lowest BCUT2D eigenvalue weighted by atomic mass is 10.2. The summed E-state index contributed by atoms with van der Waals surface area (Å²) in [5.74, 6) is 1.63. The van der Waals surface area contributed by atoms with Gasteiger partial charge in [0.05, 0.1) is 23.4 Å². The summed E-state index contributed by atoms with van der Waals surface area (Å²) in [7, 11) is 1.70. The number of para-hydroxylation sites is 1. The van der Waals surface area contributed by atoms with Crippen LogP contribution in [0.2, 0.25) is 0 Å². The number of rotatable bonds is 8. The van der Waals surface area contributed by atoms with Crippen LogP contribution < -0.4 is 20.1 Å². The molecule has 0 saturated heterocycles. The van der Waals surface area contributed by atoms with E-state index < -0.39 is 0 Å². The van der Waals surface area contributed by atoms with Gasteiger partial charge in [-0.2, -0.15) is 0 Å². The van der Waals surface area contributed by atoms with Gasteiger partial charge in [0.15, 0.2) is 16.6 Å². The van der Waals surface area contributed by atoms with Gasteiger partial charge in [0.1, 0.15) is 0 Å². The van der Waals surface area contributed by atoms with E-state index in [4.69, 9.17) is 20.2 Å². The molecule has 5 nitrogen and oxygen atoms in total. The number of aromatic nitrogens is 1. The molecule has 6 heteroatoms. The van der Waals surface area contributed by atoms with Gasteiger partial charge in [-0.05, 0) is 55.5 Å². The Bertz CT molecular complexity index is 888. The fourth-order valence-electron chi connectivity index (χ4n) is 3.71. The van der Waals surface area contributed by atoms with E-state index in [0.29, 0.717) is 12.6 Å². The number of benzene rings is 2. The van der Waals surface area contributed by atoms with Gasteiger partial charge in [-0.15, -0.1) is 0 Å². The van der Waals surface area contributed by atoms with Gasteiger partial charge in [-0.1, -0.05) is 29.5 Å². The molecular weight excluding hydrogens is 370 g/mol. The van der Waals surface area contributed by atoms with E-state index in [9.17, 15) is 0 Å². The van der Waals surface area contributed by atoms with Gasteiger partial charge in [0.25, 0.3) is 0 Å². The highest BCUT2D eigenvalue weighted by Crippen LogP contribution is 2.34. The van der Waals surface area contributed by atoms with Crippen LogP contribution in [-0.2, 0) is 6.54 Å². The van der Waals surface area contributed by atoms with Crippen molar-refractivity contribution in [3.8, 4) is 11.5 Å². The van der Waals surface area contributed by atoms with E-state index >= 15 is 0 Å². The van der Waals surface area contributed by atoms with E-state index in [1.165, 1.54) is 17.5 Å². The number of methoxy groups -OCH3 is 1. The highest BCUT2D eigenvalue weighted by molar-refractivity contribution is 7.22. The van der Waals surface area contributed by atoms with Crippen molar-refractivity contribution in [2.75, 3.05) is 25.1 Å². The average molecular weight is 398 g/mol. The second kappa shape index (κ2) is 8.80. The van der Waals surface area contributed by atoms with Crippen LogP contribution in [0.15, 0.2) is 42.5 Å². The van der Waals surface area contributed by atoms with E-state index in [-0.39, 0.29) is 0 Å². The molecule has 2 N–H and O–H groups in total. The van der Waals surface area contributed by atoms with E-state index in [0.717, 1.165) is 53.6 Å². The van der Waals surface area contributed by atoms with Crippen molar-refractivity contribution in [3.63, 3.8) is 0 Å². The summed E-state index contributed by atoms with van der Waals surface area (Å²) in [5.41, 5.74) is 8.06. The van der Waals surface area contributed by atoms with Crippen molar-refractivity contribution in [3.05, 3.63) is 48.0 Å². The quantitative estimate of drug-likeness (QED) is 0.602. The second-order valence-corrected chi connectivity index (χ2v) is 8.19. The topological polar surface area (TPSA) is 60.6 Å². The van der Waals surface area contributed by atoms with Crippen molar-refractivity contribution in [1.29, 1.82) is 0 Å². The number of hydrogen-bond donors (Lipinski definition) is 1. The lowest BCUT2D eigenvalue weighted by molar-refractivity contribution is 0.200. The molecule has 0 bridgehead atoms. The highest BCUT2D eigenvalue weighted by Gasteiger charge is 2.19. The van der Waals surface area contributed by atoms with Crippen LogP contribution in [0.4, 0.5) is 5.13 Å². The van der Waals surface area contributed by atoms with Crippen LogP contribution >= 0.6 is 11.3 Å². The molecule has 1 saturated carbocycles. The van der Waals surface area contributed by atoms with Crippen LogP contribution in [0, 0.1) is 0 Å². The number of thiazole rings is 1. The van der Waals surface area contributed by atoms with Gasteiger partial charge in [-0.3, -0.25) is 0 Å². The molecule has 1 heterocycles. The van der Waals surface area contributed by atoms with Crippen molar-refractivity contribution in [2.45, 2.75) is 38.3 Å². The fourth-order valence-corrected chi connectivity index (χ4v) is 4.70. The summed E-state index contributed by atoms with van der Waals surface area (Å²) in [6.07, 6.45) is 5.08. The van der Waals surface area contributed by atoms with Crippen molar-refractivity contribution >= 4 is 26.7 Å². The van der Waals surface area contributed by atoms with E-state index in [1.807, 2.05) is 24.3 Å². The molecular formula is C22H27N3O2S. The largest absolute Gasteiger partial charge is 0.493 e. The second-order valence-electron chi connectivity index (χ2n) is 7.18.